The van der Waals surface area contributed by atoms with Crippen molar-refractivity contribution < 1.29 is 9.53 Å². The molecule has 1 fully saturated rings. The molecule has 1 unspecified atom stereocenters. The Balaban J connectivity index is 1.45. The Morgan fingerprint density at radius 1 is 1.30 bits per heavy atom. The number of likely N-dealkylation sites (tertiary alicyclic amines) is 1. The number of H-pyrrole nitrogens is 1. The number of aromatic nitrogens is 2. The molecule has 0 spiro atoms. The summed E-state index contributed by atoms with van der Waals surface area (Å²) in [7, 11) is 1.68. The average Bonchev–Trinajstić information content (AvgIpc) is 3.32. The van der Waals surface area contributed by atoms with Crippen LogP contribution in [0.15, 0.2) is 24.3 Å². The number of ether oxygens (including phenoxy) is 1. The van der Waals surface area contributed by atoms with E-state index in [1.54, 1.807) is 7.11 Å². The first-order valence-corrected chi connectivity index (χ1v) is 9.95. The average molecular weight is 368 g/mol. The lowest BCUT2D eigenvalue weighted by molar-refractivity contribution is 0.0950. The van der Waals surface area contributed by atoms with Crippen LogP contribution in [-0.4, -0.2) is 54.1 Å². The number of imidazole rings is 1. The Morgan fingerprint density at radius 3 is 2.96 bits per heavy atom. The molecule has 1 saturated heterocycles. The van der Waals surface area contributed by atoms with Gasteiger partial charge in [-0.25, -0.2) is 4.98 Å². The second-order valence-electron chi connectivity index (χ2n) is 7.55. The molecule has 27 heavy (non-hydrogen) atoms. The largest absolute Gasteiger partial charge is 0.497 e. The van der Waals surface area contributed by atoms with Crippen LogP contribution in [0.2, 0.25) is 0 Å². The van der Waals surface area contributed by atoms with E-state index >= 15 is 0 Å². The standard InChI is InChI=1S/C21H28N4O2/c1-27-17-7-4-6-15(12-17)16-13-18-20(21(26)22-14-16)24-19(23-18)8-5-11-25-9-2-3-10-25/h4,6-7,12,16H,2-3,5,8-11,13-14H2,1H3,(H,22,26)(H,23,24). The molecule has 6 nitrogen and oxygen atoms in total. The van der Waals surface area contributed by atoms with Crippen LogP contribution in [0, 0.1) is 0 Å². The molecule has 2 N–H and O–H groups in total. The molecular weight excluding hydrogens is 340 g/mol. The first-order chi connectivity index (χ1) is 13.2. The fourth-order valence-electron chi connectivity index (χ4n) is 4.14. The van der Waals surface area contributed by atoms with Gasteiger partial charge in [-0.15, -0.1) is 0 Å². The Hall–Kier alpha value is -2.34. The van der Waals surface area contributed by atoms with Crippen molar-refractivity contribution in [2.45, 2.75) is 38.0 Å². The van der Waals surface area contributed by atoms with Crippen molar-refractivity contribution in [2.24, 2.45) is 0 Å². The quantitative estimate of drug-likeness (QED) is 0.822. The summed E-state index contributed by atoms with van der Waals surface area (Å²) in [6, 6.07) is 8.09. The van der Waals surface area contributed by atoms with Crippen molar-refractivity contribution in [1.82, 2.24) is 20.2 Å². The van der Waals surface area contributed by atoms with Gasteiger partial charge in [-0.05, 0) is 63.0 Å². The van der Waals surface area contributed by atoms with Crippen LogP contribution in [0.3, 0.4) is 0 Å². The zero-order chi connectivity index (χ0) is 18.6. The van der Waals surface area contributed by atoms with Crippen molar-refractivity contribution in [1.29, 1.82) is 0 Å². The molecule has 144 valence electrons. The highest BCUT2D eigenvalue weighted by molar-refractivity contribution is 5.94. The van der Waals surface area contributed by atoms with Gasteiger partial charge in [0, 0.05) is 24.6 Å². The van der Waals surface area contributed by atoms with E-state index in [-0.39, 0.29) is 11.8 Å². The number of methoxy groups -OCH3 is 1. The van der Waals surface area contributed by atoms with E-state index in [0.29, 0.717) is 12.2 Å². The number of hydrogen-bond acceptors (Lipinski definition) is 4. The molecule has 0 radical (unpaired) electrons. The number of carbonyl (C=O) groups excluding carboxylic acids is 1. The fourth-order valence-corrected chi connectivity index (χ4v) is 4.14. The zero-order valence-electron chi connectivity index (χ0n) is 16.0. The zero-order valence-corrected chi connectivity index (χ0v) is 16.0. The van der Waals surface area contributed by atoms with Crippen molar-refractivity contribution in [3.05, 3.63) is 47.0 Å². The van der Waals surface area contributed by atoms with Gasteiger partial charge in [0.25, 0.3) is 5.91 Å². The van der Waals surface area contributed by atoms with Crippen LogP contribution in [-0.2, 0) is 12.8 Å². The van der Waals surface area contributed by atoms with Crippen LogP contribution in [0.1, 0.15) is 52.8 Å². The Kier molecular flexibility index (Phi) is 5.43. The van der Waals surface area contributed by atoms with E-state index in [4.69, 9.17) is 4.74 Å². The van der Waals surface area contributed by atoms with E-state index in [1.165, 1.54) is 31.5 Å². The van der Waals surface area contributed by atoms with Gasteiger partial charge in [0.15, 0.2) is 0 Å². The summed E-state index contributed by atoms with van der Waals surface area (Å²) in [6.45, 7) is 4.17. The minimum Gasteiger partial charge on any atom is -0.497 e. The summed E-state index contributed by atoms with van der Waals surface area (Å²) in [5, 5.41) is 3.03. The number of hydrogen-bond donors (Lipinski definition) is 2. The third kappa shape index (κ3) is 4.16. The second-order valence-corrected chi connectivity index (χ2v) is 7.55. The minimum absolute atomic E-state index is 0.0718. The third-order valence-electron chi connectivity index (χ3n) is 5.65. The summed E-state index contributed by atoms with van der Waals surface area (Å²) in [5.41, 5.74) is 2.69. The predicted molar refractivity (Wildman–Crippen MR) is 104 cm³/mol. The first kappa shape index (κ1) is 18.0. The molecule has 1 aromatic heterocycles. The molecule has 0 saturated carbocycles. The third-order valence-corrected chi connectivity index (χ3v) is 5.65. The highest BCUT2D eigenvalue weighted by Gasteiger charge is 2.26. The predicted octanol–water partition coefficient (Wildman–Crippen LogP) is 2.52. The van der Waals surface area contributed by atoms with Crippen molar-refractivity contribution in [3.63, 3.8) is 0 Å². The SMILES string of the molecule is COc1cccc(C2CNC(=O)c3nc(CCCN4CCCC4)[nH]c3C2)c1. The van der Waals surface area contributed by atoms with Crippen molar-refractivity contribution in [3.8, 4) is 5.75 Å². The summed E-state index contributed by atoms with van der Waals surface area (Å²) < 4.78 is 5.35. The molecule has 0 aliphatic carbocycles. The van der Waals surface area contributed by atoms with E-state index in [9.17, 15) is 4.79 Å². The molecule has 0 bridgehead atoms. The molecule has 3 heterocycles. The highest BCUT2D eigenvalue weighted by Crippen LogP contribution is 2.27. The van der Waals surface area contributed by atoms with E-state index in [0.717, 1.165) is 43.1 Å². The molecule has 6 heteroatoms. The number of nitrogens with one attached hydrogen (secondary N) is 2. The van der Waals surface area contributed by atoms with Crippen LogP contribution in [0.4, 0.5) is 0 Å². The molecule has 2 aliphatic rings. The van der Waals surface area contributed by atoms with Gasteiger partial charge in [0.2, 0.25) is 0 Å². The fraction of sp³-hybridized carbons (Fsp3) is 0.524. The number of benzene rings is 1. The van der Waals surface area contributed by atoms with Crippen LogP contribution < -0.4 is 10.1 Å². The van der Waals surface area contributed by atoms with Gasteiger partial charge >= 0.3 is 0 Å². The number of amides is 1. The summed E-state index contributed by atoms with van der Waals surface area (Å²) in [6.07, 6.45) is 5.38. The normalized spacial score (nSPS) is 20.2. The maximum absolute atomic E-state index is 12.5. The second kappa shape index (κ2) is 8.13. The Labute approximate surface area is 160 Å². The van der Waals surface area contributed by atoms with Gasteiger partial charge in [-0.3, -0.25) is 4.79 Å². The monoisotopic (exact) mass is 368 g/mol. The number of fused-ring (bicyclic) bond motifs is 1. The first-order valence-electron chi connectivity index (χ1n) is 9.95. The maximum Gasteiger partial charge on any atom is 0.271 e. The van der Waals surface area contributed by atoms with E-state index in [1.807, 2.05) is 12.1 Å². The molecule has 1 atom stereocenters. The number of aromatic amines is 1. The summed E-state index contributed by atoms with van der Waals surface area (Å²) in [4.78, 5) is 23.0. The molecule has 2 aliphatic heterocycles. The van der Waals surface area contributed by atoms with Crippen molar-refractivity contribution >= 4 is 5.91 Å². The molecule has 1 aromatic carbocycles. The minimum atomic E-state index is -0.0718. The van der Waals surface area contributed by atoms with Gasteiger partial charge in [-0.2, -0.15) is 0 Å². The molecule has 1 amide bonds. The summed E-state index contributed by atoms with van der Waals surface area (Å²) >= 11 is 0. The number of nitrogens with zero attached hydrogens (tertiary/aromatic N) is 2. The molecule has 2 aromatic rings. The number of aryl methyl sites for hydroxylation is 1. The highest BCUT2D eigenvalue weighted by atomic mass is 16.5. The molecular formula is C21H28N4O2. The maximum atomic E-state index is 12.5. The number of carbonyl (C=O) groups is 1. The lowest BCUT2D eigenvalue weighted by Gasteiger charge is -2.15. The van der Waals surface area contributed by atoms with Crippen LogP contribution in [0.25, 0.3) is 0 Å². The van der Waals surface area contributed by atoms with Crippen LogP contribution in [0.5, 0.6) is 5.75 Å². The molecule has 4 rings (SSSR count). The van der Waals surface area contributed by atoms with E-state index in [2.05, 4.69) is 32.3 Å². The summed E-state index contributed by atoms with van der Waals surface area (Å²) in [5.74, 6) is 1.91. The van der Waals surface area contributed by atoms with Crippen molar-refractivity contribution in [2.75, 3.05) is 33.3 Å². The number of rotatable bonds is 6. The van der Waals surface area contributed by atoms with Gasteiger partial charge in [0.05, 0.1) is 7.11 Å². The Bertz CT molecular complexity index is 795. The van der Waals surface area contributed by atoms with Gasteiger partial charge < -0.3 is 19.9 Å². The smallest absolute Gasteiger partial charge is 0.271 e. The lowest BCUT2D eigenvalue weighted by atomic mass is 9.94. The lowest BCUT2D eigenvalue weighted by Crippen LogP contribution is -2.26. The van der Waals surface area contributed by atoms with Crippen LogP contribution >= 0.6 is 0 Å². The Morgan fingerprint density at radius 2 is 2.15 bits per heavy atom. The van der Waals surface area contributed by atoms with E-state index < -0.39 is 0 Å². The van der Waals surface area contributed by atoms with Gasteiger partial charge in [0.1, 0.15) is 17.3 Å². The van der Waals surface area contributed by atoms with Gasteiger partial charge in [-0.1, -0.05) is 12.1 Å². The topological polar surface area (TPSA) is 70.2 Å².